The van der Waals surface area contributed by atoms with E-state index in [-0.39, 0.29) is 0 Å². The van der Waals surface area contributed by atoms with Gasteiger partial charge in [-0.3, -0.25) is 0 Å². The molecule has 0 bridgehead atoms. The maximum atomic E-state index is 6.08. The second kappa shape index (κ2) is 5.54. The van der Waals surface area contributed by atoms with Crippen LogP contribution in [-0.4, -0.2) is 25.7 Å². The van der Waals surface area contributed by atoms with Gasteiger partial charge in [0.25, 0.3) is 0 Å². The molecule has 0 saturated carbocycles. The minimum absolute atomic E-state index is 0.722. The van der Waals surface area contributed by atoms with Crippen LogP contribution in [0.1, 0.15) is 17.0 Å². The van der Waals surface area contributed by atoms with Crippen LogP contribution in [0.25, 0.3) is 5.69 Å². The second-order valence-corrected chi connectivity index (χ2v) is 5.16. The summed E-state index contributed by atoms with van der Waals surface area (Å²) in [5.41, 5.74) is 4.31. The van der Waals surface area contributed by atoms with Gasteiger partial charge >= 0.3 is 0 Å². The molecule has 0 N–H and O–H groups in total. The molecule has 0 saturated heterocycles. The number of rotatable bonds is 3. The van der Waals surface area contributed by atoms with E-state index in [0.717, 1.165) is 27.7 Å². The third-order valence-electron chi connectivity index (χ3n) is 3.27. The van der Waals surface area contributed by atoms with Gasteiger partial charge in [0.2, 0.25) is 0 Å². The van der Waals surface area contributed by atoms with Crippen LogP contribution in [0.5, 0.6) is 0 Å². The molecule has 2 heterocycles. The maximum absolute atomic E-state index is 6.08. The summed E-state index contributed by atoms with van der Waals surface area (Å²) in [4.78, 5) is 0. The van der Waals surface area contributed by atoms with Gasteiger partial charge in [0.1, 0.15) is 12.7 Å². The van der Waals surface area contributed by atoms with E-state index in [1.807, 2.05) is 24.3 Å². The summed E-state index contributed by atoms with van der Waals surface area (Å²) in [5, 5.41) is 12.4. The second-order valence-electron chi connectivity index (χ2n) is 4.73. The van der Waals surface area contributed by atoms with Gasteiger partial charge in [-0.1, -0.05) is 17.7 Å². The fourth-order valence-corrected chi connectivity index (χ4v) is 2.50. The van der Waals surface area contributed by atoms with E-state index >= 15 is 0 Å². The van der Waals surface area contributed by atoms with Crippen molar-refractivity contribution >= 4 is 17.8 Å². The standard InChI is InChI=1S/C15H14ClN5/c1-11-6-13(8-19-20-9-17-18-10-20)12(2)21(11)15-5-3-4-14(16)7-15/h3-10H,1-2H3/b19-8+. The summed E-state index contributed by atoms with van der Waals surface area (Å²) >= 11 is 6.08. The Morgan fingerprint density at radius 2 is 1.90 bits per heavy atom. The van der Waals surface area contributed by atoms with Crippen molar-refractivity contribution in [2.45, 2.75) is 13.8 Å². The van der Waals surface area contributed by atoms with Crippen molar-refractivity contribution in [2.75, 3.05) is 0 Å². The Labute approximate surface area is 127 Å². The fraction of sp³-hybridized carbons (Fsp3) is 0.133. The number of nitrogens with zero attached hydrogens (tertiary/aromatic N) is 5. The third kappa shape index (κ3) is 2.73. The molecule has 0 aliphatic heterocycles. The van der Waals surface area contributed by atoms with E-state index in [1.165, 1.54) is 0 Å². The number of hydrogen-bond donors (Lipinski definition) is 0. The van der Waals surface area contributed by atoms with Crippen molar-refractivity contribution in [1.82, 2.24) is 19.4 Å². The van der Waals surface area contributed by atoms with Crippen LogP contribution in [-0.2, 0) is 0 Å². The predicted octanol–water partition coefficient (Wildman–Crippen LogP) is 3.22. The van der Waals surface area contributed by atoms with Crippen molar-refractivity contribution in [3.63, 3.8) is 0 Å². The largest absolute Gasteiger partial charge is 0.318 e. The first kappa shape index (κ1) is 13.6. The summed E-state index contributed by atoms with van der Waals surface area (Å²) < 4.78 is 3.71. The number of aryl methyl sites for hydroxylation is 1. The summed E-state index contributed by atoms with van der Waals surface area (Å²) in [6.07, 6.45) is 4.89. The first-order valence-corrected chi connectivity index (χ1v) is 6.87. The molecule has 6 heteroatoms. The van der Waals surface area contributed by atoms with E-state index in [0.29, 0.717) is 0 Å². The van der Waals surface area contributed by atoms with Crippen molar-refractivity contribution in [3.8, 4) is 5.69 Å². The van der Waals surface area contributed by atoms with Crippen molar-refractivity contribution in [2.24, 2.45) is 5.10 Å². The van der Waals surface area contributed by atoms with Gasteiger partial charge in [0.05, 0.1) is 6.21 Å². The molecule has 0 fully saturated rings. The first-order valence-electron chi connectivity index (χ1n) is 6.49. The molecular weight excluding hydrogens is 286 g/mol. The summed E-state index contributed by atoms with van der Waals surface area (Å²) in [5.74, 6) is 0. The lowest BCUT2D eigenvalue weighted by Crippen LogP contribution is -1.99. The SMILES string of the molecule is Cc1cc(/C=N/n2cnnc2)c(C)n1-c1cccc(Cl)c1. The van der Waals surface area contributed by atoms with Gasteiger partial charge in [-0.25, -0.2) is 4.68 Å². The van der Waals surface area contributed by atoms with E-state index in [4.69, 9.17) is 11.6 Å². The number of aromatic nitrogens is 4. The van der Waals surface area contributed by atoms with Crippen LogP contribution in [0, 0.1) is 13.8 Å². The zero-order chi connectivity index (χ0) is 14.8. The Morgan fingerprint density at radius 1 is 1.14 bits per heavy atom. The van der Waals surface area contributed by atoms with E-state index < -0.39 is 0 Å². The zero-order valence-corrected chi connectivity index (χ0v) is 12.5. The maximum Gasteiger partial charge on any atom is 0.141 e. The molecular formula is C15H14ClN5. The van der Waals surface area contributed by atoms with E-state index in [9.17, 15) is 0 Å². The Kier molecular flexibility index (Phi) is 3.58. The molecule has 0 aliphatic rings. The van der Waals surface area contributed by atoms with Crippen LogP contribution < -0.4 is 0 Å². The van der Waals surface area contributed by atoms with Gasteiger partial charge in [0, 0.05) is 27.7 Å². The Bertz CT molecular complexity index is 787. The molecule has 0 spiro atoms. The topological polar surface area (TPSA) is 48.0 Å². The summed E-state index contributed by atoms with van der Waals surface area (Å²) in [6, 6.07) is 9.88. The minimum atomic E-state index is 0.722. The Morgan fingerprint density at radius 3 is 2.62 bits per heavy atom. The van der Waals surface area contributed by atoms with Crippen LogP contribution in [0.2, 0.25) is 5.02 Å². The molecule has 2 aromatic heterocycles. The van der Waals surface area contributed by atoms with Gasteiger partial charge in [-0.05, 0) is 38.1 Å². The molecule has 0 amide bonds. The van der Waals surface area contributed by atoms with Gasteiger partial charge in [-0.15, -0.1) is 10.2 Å². The number of hydrogen-bond acceptors (Lipinski definition) is 3. The highest BCUT2D eigenvalue weighted by Gasteiger charge is 2.09. The van der Waals surface area contributed by atoms with Crippen LogP contribution in [0.4, 0.5) is 0 Å². The highest BCUT2D eigenvalue weighted by Crippen LogP contribution is 2.22. The van der Waals surface area contributed by atoms with Crippen LogP contribution in [0.15, 0.2) is 48.1 Å². The lowest BCUT2D eigenvalue weighted by Gasteiger charge is -2.09. The predicted molar refractivity (Wildman–Crippen MR) is 83.3 cm³/mol. The van der Waals surface area contributed by atoms with E-state index in [1.54, 1.807) is 23.5 Å². The summed E-state index contributed by atoms with van der Waals surface area (Å²) in [6.45, 7) is 4.12. The quantitative estimate of drug-likeness (QED) is 0.697. The Balaban J connectivity index is 2.00. The third-order valence-corrected chi connectivity index (χ3v) is 3.51. The van der Waals surface area contributed by atoms with Crippen molar-refractivity contribution in [1.29, 1.82) is 0 Å². The van der Waals surface area contributed by atoms with Crippen molar-refractivity contribution in [3.05, 3.63) is 65.0 Å². The lowest BCUT2D eigenvalue weighted by molar-refractivity contribution is 0.877. The zero-order valence-electron chi connectivity index (χ0n) is 11.7. The van der Waals surface area contributed by atoms with Gasteiger partial charge in [-0.2, -0.15) is 5.10 Å². The number of benzene rings is 1. The molecule has 0 aliphatic carbocycles. The molecule has 0 atom stereocenters. The average Bonchev–Trinajstić information content (AvgIpc) is 3.05. The fourth-order valence-electron chi connectivity index (χ4n) is 2.31. The van der Waals surface area contributed by atoms with Crippen LogP contribution in [0.3, 0.4) is 0 Å². The molecule has 3 aromatic rings. The van der Waals surface area contributed by atoms with Crippen molar-refractivity contribution < 1.29 is 0 Å². The van der Waals surface area contributed by atoms with Gasteiger partial charge in [0.15, 0.2) is 0 Å². The Hall–Kier alpha value is -2.40. The molecule has 3 rings (SSSR count). The first-order chi connectivity index (χ1) is 10.1. The summed E-state index contributed by atoms with van der Waals surface area (Å²) in [7, 11) is 0. The molecule has 106 valence electrons. The minimum Gasteiger partial charge on any atom is -0.318 e. The highest BCUT2D eigenvalue weighted by molar-refractivity contribution is 6.30. The monoisotopic (exact) mass is 299 g/mol. The van der Waals surface area contributed by atoms with E-state index in [2.05, 4.69) is 39.8 Å². The molecule has 5 nitrogen and oxygen atoms in total. The highest BCUT2D eigenvalue weighted by atomic mass is 35.5. The molecule has 0 radical (unpaired) electrons. The molecule has 0 unspecified atom stereocenters. The smallest absolute Gasteiger partial charge is 0.141 e. The molecule has 21 heavy (non-hydrogen) atoms. The van der Waals surface area contributed by atoms with Gasteiger partial charge < -0.3 is 4.57 Å². The number of halogens is 1. The average molecular weight is 300 g/mol. The van der Waals surface area contributed by atoms with Crippen LogP contribution >= 0.6 is 11.6 Å². The normalized spacial score (nSPS) is 11.4. The lowest BCUT2D eigenvalue weighted by atomic mass is 10.2. The molecule has 1 aromatic carbocycles.